The van der Waals surface area contributed by atoms with Gasteiger partial charge in [0.25, 0.3) is 0 Å². The molecule has 2 aromatic carbocycles. The van der Waals surface area contributed by atoms with Gasteiger partial charge in [-0.1, -0.05) is 35.3 Å². The third-order valence-corrected chi connectivity index (χ3v) is 3.73. The van der Waals surface area contributed by atoms with Crippen molar-refractivity contribution in [2.24, 2.45) is 0 Å². The normalized spacial score (nSPS) is 13.8. The second-order valence-corrected chi connectivity index (χ2v) is 5.79. The first-order valence-electron chi connectivity index (χ1n) is 6.23. The van der Waals surface area contributed by atoms with E-state index in [9.17, 15) is 5.11 Å². The zero-order valence-electron chi connectivity index (χ0n) is 11.4. The fraction of sp³-hybridized carbons (Fsp3) is 0.250. The molecular weight excluding hydrogens is 295 g/mol. The van der Waals surface area contributed by atoms with E-state index in [1.54, 1.807) is 38.3 Å². The van der Waals surface area contributed by atoms with Crippen LogP contribution in [0.3, 0.4) is 0 Å². The Labute approximate surface area is 128 Å². The van der Waals surface area contributed by atoms with Gasteiger partial charge in [-0.3, -0.25) is 0 Å². The Kier molecular flexibility index (Phi) is 4.59. The van der Waals surface area contributed by atoms with Gasteiger partial charge in [-0.15, -0.1) is 0 Å². The van der Waals surface area contributed by atoms with Gasteiger partial charge in [0, 0.05) is 16.5 Å². The summed E-state index contributed by atoms with van der Waals surface area (Å²) in [5.74, 6) is 0.712. The average Bonchev–Trinajstić information content (AvgIpc) is 2.39. The third-order valence-electron chi connectivity index (χ3n) is 3.24. The van der Waals surface area contributed by atoms with Gasteiger partial charge in [0.05, 0.1) is 12.7 Å². The molecule has 0 aliphatic carbocycles. The van der Waals surface area contributed by atoms with Crippen molar-refractivity contribution in [1.29, 1.82) is 0 Å². The van der Waals surface area contributed by atoms with Gasteiger partial charge < -0.3 is 9.84 Å². The van der Waals surface area contributed by atoms with Crippen LogP contribution in [0.2, 0.25) is 10.0 Å². The number of benzene rings is 2. The van der Waals surface area contributed by atoms with Crippen molar-refractivity contribution < 1.29 is 9.84 Å². The summed E-state index contributed by atoms with van der Waals surface area (Å²) >= 11 is 11.9. The molecule has 0 heterocycles. The lowest BCUT2D eigenvalue weighted by Crippen LogP contribution is -2.24. The molecule has 20 heavy (non-hydrogen) atoms. The lowest BCUT2D eigenvalue weighted by Gasteiger charge is -2.25. The number of aliphatic hydroxyl groups is 1. The SMILES string of the molecule is COc1ccc(Cl)cc1CC(C)(O)c1ccc(Cl)cc1. The Bertz CT molecular complexity index is 592. The van der Waals surface area contributed by atoms with E-state index in [-0.39, 0.29) is 0 Å². The van der Waals surface area contributed by atoms with Crippen LogP contribution in [0.15, 0.2) is 42.5 Å². The van der Waals surface area contributed by atoms with Gasteiger partial charge in [-0.25, -0.2) is 0 Å². The van der Waals surface area contributed by atoms with Crippen LogP contribution >= 0.6 is 23.2 Å². The van der Waals surface area contributed by atoms with E-state index in [1.165, 1.54) is 0 Å². The lowest BCUT2D eigenvalue weighted by atomic mass is 9.89. The Morgan fingerprint density at radius 3 is 2.25 bits per heavy atom. The van der Waals surface area contributed by atoms with E-state index >= 15 is 0 Å². The molecule has 0 amide bonds. The summed E-state index contributed by atoms with van der Waals surface area (Å²) in [5, 5.41) is 12.0. The summed E-state index contributed by atoms with van der Waals surface area (Å²) in [6.07, 6.45) is 0.401. The van der Waals surface area contributed by atoms with Crippen molar-refractivity contribution >= 4 is 23.2 Å². The second kappa shape index (κ2) is 6.04. The van der Waals surface area contributed by atoms with Crippen LogP contribution in [0.1, 0.15) is 18.1 Å². The molecule has 0 saturated heterocycles. The van der Waals surface area contributed by atoms with Gasteiger partial charge in [0.2, 0.25) is 0 Å². The van der Waals surface area contributed by atoms with Crippen LogP contribution in [0.5, 0.6) is 5.75 Å². The predicted molar refractivity (Wildman–Crippen MR) is 82.7 cm³/mol. The minimum absolute atomic E-state index is 0.401. The molecule has 0 aliphatic rings. The van der Waals surface area contributed by atoms with E-state index in [0.717, 1.165) is 11.1 Å². The lowest BCUT2D eigenvalue weighted by molar-refractivity contribution is 0.0570. The van der Waals surface area contributed by atoms with E-state index in [2.05, 4.69) is 0 Å². The minimum atomic E-state index is -1.03. The van der Waals surface area contributed by atoms with Crippen molar-refractivity contribution in [1.82, 2.24) is 0 Å². The Morgan fingerprint density at radius 2 is 1.65 bits per heavy atom. The molecular formula is C16H16Cl2O2. The summed E-state index contributed by atoms with van der Waals surface area (Å²) in [6, 6.07) is 12.5. The van der Waals surface area contributed by atoms with Gasteiger partial charge >= 0.3 is 0 Å². The Hall–Kier alpha value is -1.22. The van der Waals surface area contributed by atoms with E-state index in [4.69, 9.17) is 27.9 Å². The molecule has 1 N–H and O–H groups in total. The molecule has 106 valence electrons. The first-order chi connectivity index (χ1) is 9.42. The van der Waals surface area contributed by atoms with Gasteiger partial charge in [-0.05, 0) is 48.4 Å². The monoisotopic (exact) mass is 310 g/mol. The number of hydrogen-bond donors (Lipinski definition) is 1. The highest BCUT2D eigenvalue weighted by Crippen LogP contribution is 2.31. The molecule has 1 unspecified atom stereocenters. The van der Waals surface area contributed by atoms with E-state index in [1.807, 2.05) is 18.2 Å². The first kappa shape index (κ1) is 15.2. The number of ether oxygens (including phenoxy) is 1. The van der Waals surface area contributed by atoms with Crippen molar-refractivity contribution in [2.75, 3.05) is 7.11 Å². The average molecular weight is 311 g/mol. The molecule has 2 aromatic rings. The van der Waals surface area contributed by atoms with Crippen molar-refractivity contribution in [3.05, 3.63) is 63.6 Å². The van der Waals surface area contributed by atoms with Crippen LogP contribution in [-0.4, -0.2) is 12.2 Å². The highest BCUT2D eigenvalue weighted by molar-refractivity contribution is 6.30. The highest BCUT2D eigenvalue weighted by atomic mass is 35.5. The number of rotatable bonds is 4. The standard InChI is InChI=1S/C16H16Cl2O2/c1-16(19,12-3-5-13(17)6-4-12)10-11-9-14(18)7-8-15(11)20-2/h3-9,19H,10H2,1-2H3. The molecule has 0 aliphatic heterocycles. The summed E-state index contributed by atoms with van der Waals surface area (Å²) in [6.45, 7) is 1.76. The maximum atomic E-state index is 10.7. The molecule has 4 heteroatoms. The maximum absolute atomic E-state index is 10.7. The van der Waals surface area contributed by atoms with Crippen LogP contribution < -0.4 is 4.74 Å². The van der Waals surface area contributed by atoms with Crippen molar-refractivity contribution in [3.63, 3.8) is 0 Å². The largest absolute Gasteiger partial charge is 0.496 e. The molecule has 0 spiro atoms. The van der Waals surface area contributed by atoms with Gasteiger partial charge in [0.1, 0.15) is 5.75 Å². The minimum Gasteiger partial charge on any atom is -0.496 e. The van der Waals surface area contributed by atoms with Crippen LogP contribution in [-0.2, 0) is 12.0 Å². The summed E-state index contributed by atoms with van der Waals surface area (Å²) in [5.41, 5.74) is 0.631. The molecule has 2 nitrogen and oxygen atoms in total. The number of hydrogen-bond acceptors (Lipinski definition) is 2. The van der Waals surface area contributed by atoms with E-state index < -0.39 is 5.60 Å². The summed E-state index contributed by atoms with van der Waals surface area (Å²) < 4.78 is 5.31. The van der Waals surface area contributed by atoms with Gasteiger partial charge in [-0.2, -0.15) is 0 Å². The van der Waals surface area contributed by atoms with E-state index in [0.29, 0.717) is 22.2 Å². The zero-order chi connectivity index (χ0) is 14.8. The zero-order valence-corrected chi connectivity index (χ0v) is 12.9. The highest BCUT2D eigenvalue weighted by Gasteiger charge is 2.25. The molecule has 1 atom stereocenters. The number of methoxy groups -OCH3 is 1. The molecule has 2 rings (SSSR count). The van der Waals surface area contributed by atoms with Crippen molar-refractivity contribution in [2.45, 2.75) is 18.9 Å². The Balaban J connectivity index is 2.32. The fourth-order valence-corrected chi connectivity index (χ4v) is 2.49. The quantitative estimate of drug-likeness (QED) is 0.904. The molecule has 0 bridgehead atoms. The number of halogens is 2. The third kappa shape index (κ3) is 3.45. The summed E-state index contributed by atoms with van der Waals surface area (Å²) in [4.78, 5) is 0. The summed E-state index contributed by atoms with van der Waals surface area (Å²) in [7, 11) is 1.60. The topological polar surface area (TPSA) is 29.5 Å². The smallest absolute Gasteiger partial charge is 0.122 e. The van der Waals surface area contributed by atoms with Crippen molar-refractivity contribution in [3.8, 4) is 5.75 Å². The molecule has 0 fully saturated rings. The fourth-order valence-electron chi connectivity index (χ4n) is 2.17. The second-order valence-electron chi connectivity index (χ2n) is 4.91. The Morgan fingerprint density at radius 1 is 1.05 bits per heavy atom. The molecule has 0 saturated carbocycles. The van der Waals surface area contributed by atoms with Crippen LogP contribution in [0, 0.1) is 0 Å². The predicted octanol–water partition coefficient (Wildman–Crippen LogP) is 4.45. The van der Waals surface area contributed by atoms with Crippen LogP contribution in [0.4, 0.5) is 0 Å². The molecule has 0 radical (unpaired) electrons. The first-order valence-corrected chi connectivity index (χ1v) is 6.99. The van der Waals surface area contributed by atoms with Gasteiger partial charge in [0.15, 0.2) is 0 Å². The maximum Gasteiger partial charge on any atom is 0.122 e. The molecule has 0 aromatic heterocycles. The van der Waals surface area contributed by atoms with Crippen LogP contribution in [0.25, 0.3) is 0 Å².